The SMILES string of the molecule is CN=C(NCc1cc(OC)c(O)c(OC)c1)NC1CCN(CC(F)(F)F)C1. The molecule has 0 radical (unpaired) electrons. The van der Waals surface area contributed by atoms with Crippen LogP contribution in [0.5, 0.6) is 17.2 Å². The first-order valence-corrected chi connectivity index (χ1v) is 8.46. The molecule has 1 aliphatic rings. The first-order valence-electron chi connectivity index (χ1n) is 8.46. The summed E-state index contributed by atoms with van der Waals surface area (Å²) in [7, 11) is 4.48. The zero-order valence-electron chi connectivity index (χ0n) is 15.6. The van der Waals surface area contributed by atoms with Crippen LogP contribution >= 0.6 is 0 Å². The number of benzene rings is 1. The van der Waals surface area contributed by atoms with Crippen molar-refractivity contribution < 1.29 is 27.8 Å². The Bertz CT molecular complexity index is 642. The van der Waals surface area contributed by atoms with E-state index in [0.717, 1.165) is 5.56 Å². The minimum absolute atomic E-state index is 0.0815. The summed E-state index contributed by atoms with van der Waals surface area (Å²) in [4.78, 5) is 5.49. The lowest BCUT2D eigenvalue weighted by Crippen LogP contribution is -2.44. The average Bonchev–Trinajstić information content (AvgIpc) is 3.04. The number of nitrogens with one attached hydrogen (secondary N) is 2. The number of phenolic OH excluding ortho intramolecular Hbond substituents is 1. The molecule has 0 spiro atoms. The van der Waals surface area contributed by atoms with Gasteiger partial charge in [-0.3, -0.25) is 9.89 Å². The van der Waals surface area contributed by atoms with Gasteiger partial charge in [0.2, 0.25) is 5.75 Å². The summed E-state index contributed by atoms with van der Waals surface area (Å²) >= 11 is 0. The Hall–Kier alpha value is -2.36. The molecule has 27 heavy (non-hydrogen) atoms. The highest BCUT2D eigenvalue weighted by atomic mass is 19.4. The van der Waals surface area contributed by atoms with Crippen LogP contribution in [-0.2, 0) is 6.54 Å². The number of aliphatic imine (C=N–C) groups is 1. The summed E-state index contributed by atoms with van der Waals surface area (Å²) < 4.78 is 47.7. The van der Waals surface area contributed by atoms with Crippen molar-refractivity contribution >= 4 is 5.96 Å². The molecule has 0 saturated carbocycles. The lowest BCUT2D eigenvalue weighted by atomic mass is 10.2. The summed E-state index contributed by atoms with van der Waals surface area (Å²) in [6, 6.07) is 3.22. The second-order valence-corrected chi connectivity index (χ2v) is 6.25. The van der Waals surface area contributed by atoms with Gasteiger partial charge in [-0.1, -0.05) is 0 Å². The molecule has 152 valence electrons. The summed E-state index contributed by atoms with van der Waals surface area (Å²) in [5.74, 6) is 0.974. The number of hydrogen-bond acceptors (Lipinski definition) is 5. The van der Waals surface area contributed by atoms with Crippen molar-refractivity contribution in [2.45, 2.75) is 25.2 Å². The Labute approximate surface area is 156 Å². The van der Waals surface area contributed by atoms with Crippen molar-refractivity contribution in [2.75, 3.05) is 40.9 Å². The van der Waals surface area contributed by atoms with Crippen molar-refractivity contribution in [2.24, 2.45) is 4.99 Å². The number of rotatable bonds is 6. The number of phenols is 1. The lowest BCUT2D eigenvalue weighted by Gasteiger charge is -2.20. The van der Waals surface area contributed by atoms with Crippen molar-refractivity contribution in [3.63, 3.8) is 0 Å². The number of halogens is 3. The van der Waals surface area contributed by atoms with Crippen molar-refractivity contribution in [3.8, 4) is 17.2 Å². The Morgan fingerprint density at radius 3 is 2.44 bits per heavy atom. The quantitative estimate of drug-likeness (QED) is 0.507. The van der Waals surface area contributed by atoms with E-state index in [2.05, 4.69) is 15.6 Å². The molecule has 0 bridgehead atoms. The highest BCUT2D eigenvalue weighted by molar-refractivity contribution is 5.80. The van der Waals surface area contributed by atoms with Gasteiger partial charge in [-0.2, -0.15) is 13.2 Å². The van der Waals surface area contributed by atoms with Gasteiger partial charge in [0.1, 0.15) is 0 Å². The van der Waals surface area contributed by atoms with Gasteiger partial charge in [0.05, 0.1) is 20.8 Å². The van der Waals surface area contributed by atoms with E-state index in [1.54, 1.807) is 19.2 Å². The molecule has 1 heterocycles. The van der Waals surface area contributed by atoms with Gasteiger partial charge in [-0.15, -0.1) is 0 Å². The fraction of sp³-hybridized carbons (Fsp3) is 0.588. The molecule has 1 aromatic rings. The van der Waals surface area contributed by atoms with Gasteiger partial charge in [-0.25, -0.2) is 0 Å². The maximum atomic E-state index is 12.5. The summed E-state index contributed by atoms with van der Waals surface area (Å²) in [5.41, 5.74) is 0.787. The van der Waals surface area contributed by atoms with Gasteiger partial charge in [0.25, 0.3) is 0 Å². The minimum atomic E-state index is -4.19. The van der Waals surface area contributed by atoms with E-state index in [1.807, 2.05) is 0 Å². The van der Waals surface area contributed by atoms with Crippen molar-refractivity contribution in [1.82, 2.24) is 15.5 Å². The van der Waals surface area contributed by atoms with E-state index in [-0.39, 0.29) is 23.3 Å². The fourth-order valence-electron chi connectivity index (χ4n) is 2.97. The van der Waals surface area contributed by atoms with Crippen LogP contribution in [0.25, 0.3) is 0 Å². The smallest absolute Gasteiger partial charge is 0.401 e. The zero-order chi connectivity index (χ0) is 20.0. The fourth-order valence-corrected chi connectivity index (χ4v) is 2.97. The van der Waals surface area contributed by atoms with Crippen molar-refractivity contribution in [3.05, 3.63) is 17.7 Å². The number of aromatic hydroxyl groups is 1. The molecule has 3 N–H and O–H groups in total. The van der Waals surface area contributed by atoms with Crippen LogP contribution in [-0.4, -0.2) is 69.1 Å². The van der Waals surface area contributed by atoms with E-state index in [0.29, 0.717) is 32.0 Å². The van der Waals surface area contributed by atoms with Crippen LogP contribution < -0.4 is 20.1 Å². The number of nitrogens with zero attached hydrogens (tertiary/aromatic N) is 2. The number of hydrogen-bond donors (Lipinski definition) is 3. The molecule has 0 amide bonds. The number of likely N-dealkylation sites (tertiary alicyclic amines) is 1. The summed E-state index contributed by atoms with van der Waals surface area (Å²) in [6.07, 6.45) is -3.58. The van der Waals surface area contributed by atoms with E-state index in [9.17, 15) is 18.3 Å². The molecule has 1 fully saturated rings. The van der Waals surface area contributed by atoms with Crippen LogP contribution in [0.15, 0.2) is 17.1 Å². The Morgan fingerprint density at radius 2 is 1.93 bits per heavy atom. The monoisotopic (exact) mass is 390 g/mol. The maximum Gasteiger partial charge on any atom is 0.401 e. The number of alkyl halides is 3. The molecule has 1 saturated heterocycles. The Kier molecular flexibility index (Phi) is 7.00. The van der Waals surface area contributed by atoms with Crippen LogP contribution in [0.1, 0.15) is 12.0 Å². The third kappa shape index (κ3) is 6.09. The third-order valence-corrected chi connectivity index (χ3v) is 4.24. The van der Waals surface area contributed by atoms with Gasteiger partial charge in [0.15, 0.2) is 17.5 Å². The standard InChI is InChI=1S/C17H25F3N4O3/c1-21-16(23-12-4-5-24(9-12)10-17(18,19)20)22-8-11-6-13(26-2)15(25)14(7-11)27-3/h6-7,12,25H,4-5,8-10H2,1-3H3,(H2,21,22,23). The Morgan fingerprint density at radius 1 is 1.30 bits per heavy atom. The van der Waals surface area contributed by atoms with Gasteiger partial charge in [0, 0.05) is 32.7 Å². The highest BCUT2D eigenvalue weighted by Crippen LogP contribution is 2.37. The first-order chi connectivity index (χ1) is 12.8. The van der Waals surface area contributed by atoms with Crippen LogP contribution in [0.3, 0.4) is 0 Å². The summed E-state index contributed by atoms with van der Waals surface area (Å²) in [6.45, 7) is 0.164. The van der Waals surface area contributed by atoms with Gasteiger partial charge in [-0.05, 0) is 24.1 Å². The number of methoxy groups -OCH3 is 2. The third-order valence-electron chi connectivity index (χ3n) is 4.24. The number of ether oxygens (including phenoxy) is 2. The van der Waals surface area contributed by atoms with Crippen molar-refractivity contribution in [1.29, 1.82) is 0 Å². The molecule has 10 heteroatoms. The molecular weight excluding hydrogens is 365 g/mol. The largest absolute Gasteiger partial charge is 0.502 e. The van der Waals surface area contributed by atoms with E-state index >= 15 is 0 Å². The summed E-state index contributed by atoms with van der Waals surface area (Å²) in [5, 5.41) is 16.2. The first kappa shape index (κ1) is 20.9. The predicted molar refractivity (Wildman–Crippen MR) is 95.4 cm³/mol. The van der Waals surface area contributed by atoms with Gasteiger partial charge < -0.3 is 25.2 Å². The highest BCUT2D eigenvalue weighted by Gasteiger charge is 2.34. The maximum absolute atomic E-state index is 12.5. The topological polar surface area (TPSA) is 78.4 Å². The predicted octanol–water partition coefficient (Wildman–Crippen LogP) is 1.71. The average molecular weight is 390 g/mol. The Balaban J connectivity index is 1.91. The molecule has 1 aliphatic heterocycles. The molecule has 1 aromatic carbocycles. The van der Waals surface area contributed by atoms with E-state index < -0.39 is 12.7 Å². The van der Waals surface area contributed by atoms with Crippen LogP contribution in [0.4, 0.5) is 13.2 Å². The molecule has 0 aromatic heterocycles. The normalized spacial score (nSPS) is 18.4. The molecular formula is C17H25F3N4O3. The second-order valence-electron chi connectivity index (χ2n) is 6.25. The van der Waals surface area contributed by atoms with Gasteiger partial charge >= 0.3 is 6.18 Å². The van der Waals surface area contributed by atoms with E-state index in [4.69, 9.17) is 9.47 Å². The molecule has 0 aliphatic carbocycles. The van der Waals surface area contributed by atoms with Crippen LogP contribution in [0, 0.1) is 0 Å². The van der Waals surface area contributed by atoms with E-state index in [1.165, 1.54) is 19.1 Å². The lowest BCUT2D eigenvalue weighted by molar-refractivity contribution is -0.143. The molecule has 2 rings (SSSR count). The molecule has 1 unspecified atom stereocenters. The second kappa shape index (κ2) is 9.03. The molecule has 1 atom stereocenters. The number of guanidine groups is 1. The minimum Gasteiger partial charge on any atom is -0.502 e. The zero-order valence-corrected chi connectivity index (χ0v) is 15.6. The molecule has 7 nitrogen and oxygen atoms in total. The van der Waals surface area contributed by atoms with Crippen LogP contribution in [0.2, 0.25) is 0 Å².